The molecule has 1 aromatic heterocycles. The predicted octanol–water partition coefficient (Wildman–Crippen LogP) is 4.54. The molecule has 1 aliphatic rings. The van der Waals surface area contributed by atoms with Gasteiger partial charge < -0.3 is 4.90 Å². The molecule has 3 aromatic rings. The van der Waals surface area contributed by atoms with Crippen molar-refractivity contribution in [3.8, 4) is 0 Å². The molecule has 0 spiro atoms. The molecule has 4 rings (SSSR count). The van der Waals surface area contributed by atoms with E-state index in [1.165, 1.54) is 4.90 Å². The molecule has 2 heterocycles. The Morgan fingerprint density at radius 1 is 0.900 bits per heavy atom. The molecule has 0 N–H and O–H groups in total. The second-order valence-corrected chi connectivity index (χ2v) is 7.26. The van der Waals surface area contributed by atoms with E-state index in [0.717, 1.165) is 5.69 Å². The van der Waals surface area contributed by atoms with Crippen LogP contribution in [0.2, 0.25) is 5.02 Å². The van der Waals surface area contributed by atoms with Crippen LogP contribution in [-0.4, -0.2) is 28.2 Å². The summed E-state index contributed by atoms with van der Waals surface area (Å²) in [6.07, 6.45) is 1.65. The van der Waals surface area contributed by atoms with Crippen LogP contribution in [-0.2, 0) is 16.1 Å². The molecule has 6 heteroatoms. The second-order valence-electron chi connectivity index (χ2n) is 6.83. The van der Waals surface area contributed by atoms with Crippen LogP contribution in [0.1, 0.15) is 18.2 Å². The van der Waals surface area contributed by atoms with Gasteiger partial charge in [0.1, 0.15) is 5.70 Å². The fraction of sp³-hybridized carbons (Fsp3) is 0.125. The Morgan fingerprint density at radius 3 is 2.23 bits per heavy atom. The third kappa shape index (κ3) is 3.72. The van der Waals surface area contributed by atoms with Crippen molar-refractivity contribution >= 4 is 34.7 Å². The van der Waals surface area contributed by atoms with E-state index < -0.39 is 0 Å². The molecule has 0 saturated carbocycles. The number of likely N-dealkylation sites (N-methyl/N-ethyl adjacent to an activating group) is 1. The van der Waals surface area contributed by atoms with E-state index in [4.69, 9.17) is 11.6 Å². The fourth-order valence-electron chi connectivity index (χ4n) is 3.57. The number of imide groups is 1. The summed E-state index contributed by atoms with van der Waals surface area (Å²) in [6.45, 7) is 2.61. The topological polar surface area (TPSA) is 53.5 Å². The van der Waals surface area contributed by atoms with E-state index in [9.17, 15) is 9.59 Å². The van der Waals surface area contributed by atoms with Crippen molar-refractivity contribution in [1.29, 1.82) is 0 Å². The maximum absolute atomic E-state index is 13.5. The van der Waals surface area contributed by atoms with Crippen LogP contribution in [0.5, 0.6) is 0 Å². The van der Waals surface area contributed by atoms with Crippen LogP contribution in [0.3, 0.4) is 0 Å². The van der Waals surface area contributed by atoms with Crippen LogP contribution in [0.4, 0.5) is 5.69 Å². The van der Waals surface area contributed by atoms with E-state index in [1.54, 1.807) is 42.6 Å². The van der Waals surface area contributed by atoms with Crippen LogP contribution in [0.25, 0.3) is 5.57 Å². The van der Waals surface area contributed by atoms with Crippen LogP contribution >= 0.6 is 11.6 Å². The van der Waals surface area contributed by atoms with Crippen molar-refractivity contribution < 1.29 is 9.59 Å². The quantitative estimate of drug-likeness (QED) is 0.552. The molecule has 30 heavy (non-hydrogen) atoms. The average Bonchev–Trinajstić information content (AvgIpc) is 3.01. The summed E-state index contributed by atoms with van der Waals surface area (Å²) in [5, 5.41) is 0.568. The average molecular weight is 418 g/mol. The first-order valence-electron chi connectivity index (χ1n) is 9.69. The van der Waals surface area contributed by atoms with Crippen molar-refractivity contribution in [3.63, 3.8) is 0 Å². The van der Waals surface area contributed by atoms with Gasteiger partial charge in [0.25, 0.3) is 11.8 Å². The summed E-state index contributed by atoms with van der Waals surface area (Å²) in [6, 6.07) is 22.0. The van der Waals surface area contributed by atoms with Crippen molar-refractivity contribution in [3.05, 3.63) is 101 Å². The maximum atomic E-state index is 13.5. The number of benzene rings is 2. The smallest absolute Gasteiger partial charge is 0.278 e. The summed E-state index contributed by atoms with van der Waals surface area (Å²) in [5.41, 5.74) is 2.90. The lowest BCUT2D eigenvalue weighted by Crippen LogP contribution is -2.35. The molecule has 5 nitrogen and oxygen atoms in total. The largest absolute Gasteiger partial charge is 0.337 e. The minimum Gasteiger partial charge on any atom is -0.337 e. The lowest BCUT2D eigenvalue weighted by molar-refractivity contribution is -0.137. The normalized spacial score (nSPS) is 13.9. The lowest BCUT2D eigenvalue weighted by Gasteiger charge is -2.24. The zero-order chi connectivity index (χ0) is 21.1. The van der Waals surface area contributed by atoms with Gasteiger partial charge in [0.2, 0.25) is 0 Å². The van der Waals surface area contributed by atoms with Crippen molar-refractivity contribution in [2.24, 2.45) is 0 Å². The standard InChI is InChI=1S/C24H20ClN3O2/c1-2-27(20-9-4-3-5-10-20)22-21(17-11-13-18(25)14-12-17)23(29)28(24(22)30)16-19-8-6-7-15-26-19/h3-15H,2,16H2,1H3. The van der Waals surface area contributed by atoms with Gasteiger partial charge in [0.05, 0.1) is 17.8 Å². The first kappa shape index (κ1) is 19.9. The number of rotatable bonds is 6. The zero-order valence-electron chi connectivity index (χ0n) is 16.5. The molecule has 0 aliphatic carbocycles. The molecular formula is C24H20ClN3O2. The van der Waals surface area contributed by atoms with Crippen molar-refractivity contribution in [1.82, 2.24) is 9.88 Å². The molecule has 0 unspecified atom stereocenters. The van der Waals surface area contributed by atoms with Gasteiger partial charge in [-0.2, -0.15) is 0 Å². The zero-order valence-corrected chi connectivity index (χ0v) is 17.2. The van der Waals surface area contributed by atoms with Gasteiger partial charge in [-0.05, 0) is 48.9 Å². The van der Waals surface area contributed by atoms with Crippen LogP contribution in [0.15, 0.2) is 84.7 Å². The Bertz CT molecular complexity index is 1100. The van der Waals surface area contributed by atoms with Gasteiger partial charge >= 0.3 is 0 Å². The van der Waals surface area contributed by atoms with Crippen LogP contribution in [0, 0.1) is 0 Å². The molecule has 0 atom stereocenters. The Morgan fingerprint density at radius 2 is 1.60 bits per heavy atom. The van der Waals surface area contributed by atoms with E-state index in [1.807, 2.05) is 48.2 Å². The number of anilines is 1. The molecule has 2 aromatic carbocycles. The number of amides is 2. The molecule has 150 valence electrons. The number of carbonyl (C=O) groups is 2. The third-order valence-corrected chi connectivity index (χ3v) is 5.23. The summed E-state index contributed by atoms with van der Waals surface area (Å²) in [4.78, 5) is 34.3. The number of pyridine rings is 1. The van der Waals surface area contributed by atoms with Gasteiger partial charge in [-0.3, -0.25) is 19.5 Å². The summed E-state index contributed by atoms with van der Waals surface area (Å²) < 4.78 is 0. The maximum Gasteiger partial charge on any atom is 0.278 e. The fourth-order valence-corrected chi connectivity index (χ4v) is 3.69. The summed E-state index contributed by atoms with van der Waals surface area (Å²) in [5.74, 6) is -0.668. The highest BCUT2D eigenvalue weighted by molar-refractivity contribution is 6.37. The summed E-state index contributed by atoms with van der Waals surface area (Å²) in [7, 11) is 0. The molecule has 0 fully saturated rings. The highest BCUT2D eigenvalue weighted by Crippen LogP contribution is 2.35. The molecule has 0 radical (unpaired) electrons. The number of nitrogens with zero attached hydrogens (tertiary/aromatic N) is 3. The predicted molar refractivity (Wildman–Crippen MR) is 118 cm³/mol. The number of para-hydroxylation sites is 1. The lowest BCUT2D eigenvalue weighted by atomic mass is 10.0. The molecule has 1 aliphatic heterocycles. The van der Waals surface area contributed by atoms with Crippen molar-refractivity contribution in [2.45, 2.75) is 13.5 Å². The minimum absolute atomic E-state index is 0.117. The number of halogens is 1. The van der Waals surface area contributed by atoms with Crippen LogP contribution < -0.4 is 4.90 Å². The molecular weight excluding hydrogens is 398 g/mol. The van der Waals surface area contributed by atoms with Gasteiger partial charge in [-0.1, -0.05) is 48.0 Å². The Labute approximate surface area is 180 Å². The molecule has 0 bridgehead atoms. The Kier molecular flexibility index (Phi) is 5.63. The van der Waals surface area contributed by atoms with E-state index in [2.05, 4.69) is 4.98 Å². The Hall–Kier alpha value is -3.44. The third-order valence-electron chi connectivity index (χ3n) is 4.98. The van der Waals surface area contributed by atoms with Crippen molar-refractivity contribution in [2.75, 3.05) is 11.4 Å². The van der Waals surface area contributed by atoms with E-state index in [-0.39, 0.29) is 18.4 Å². The number of hydrogen-bond donors (Lipinski definition) is 0. The summed E-state index contributed by atoms with van der Waals surface area (Å²) >= 11 is 6.04. The van der Waals surface area contributed by atoms with E-state index in [0.29, 0.717) is 34.1 Å². The minimum atomic E-state index is -0.336. The SMILES string of the molecule is CCN(C1=C(c2ccc(Cl)cc2)C(=O)N(Cc2ccccn2)C1=O)c1ccccc1. The first-order chi connectivity index (χ1) is 14.6. The van der Waals surface area contributed by atoms with E-state index >= 15 is 0 Å². The highest BCUT2D eigenvalue weighted by Gasteiger charge is 2.41. The molecule has 2 amide bonds. The first-order valence-corrected chi connectivity index (χ1v) is 10.1. The van der Waals surface area contributed by atoms with Gasteiger partial charge in [-0.25, -0.2) is 0 Å². The molecule has 0 saturated heterocycles. The van der Waals surface area contributed by atoms with Gasteiger partial charge in [-0.15, -0.1) is 0 Å². The number of aromatic nitrogens is 1. The monoisotopic (exact) mass is 417 g/mol. The Balaban J connectivity index is 1.82. The van der Waals surface area contributed by atoms with Gasteiger partial charge in [0, 0.05) is 23.5 Å². The highest BCUT2D eigenvalue weighted by atomic mass is 35.5. The second kappa shape index (κ2) is 8.51. The number of hydrogen-bond acceptors (Lipinski definition) is 4. The number of carbonyl (C=O) groups excluding carboxylic acids is 2. The van der Waals surface area contributed by atoms with Gasteiger partial charge in [0.15, 0.2) is 0 Å².